The van der Waals surface area contributed by atoms with Gasteiger partial charge in [-0.05, 0) is 30.5 Å². The zero-order chi connectivity index (χ0) is 15.0. The van der Waals surface area contributed by atoms with Gasteiger partial charge in [-0.25, -0.2) is 0 Å². The first-order valence-electron chi connectivity index (χ1n) is 7.05. The minimum Gasteiger partial charge on any atom is -0.502 e. The molecule has 21 heavy (non-hydrogen) atoms. The Morgan fingerprint density at radius 2 is 1.95 bits per heavy atom. The highest BCUT2D eigenvalue weighted by atomic mass is 16.5. The molecule has 0 aliphatic carbocycles. The standard InChI is InChI=1S/C16H20O5/c1-19-13-6-10(7-14(20-2)15(13)18)12-8-11-4-3-5-16(12,9-17)21-11/h3,5-7,11-12,17-18H,4,8-9H2,1-2H3/t11-,12?,16-/m0/s1. The van der Waals surface area contributed by atoms with Crippen molar-refractivity contribution in [3.63, 3.8) is 0 Å². The Hall–Kier alpha value is -1.72. The Balaban J connectivity index is 2.06. The molecule has 1 fully saturated rings. The Bertz CT molecular complexity index is 543. The van der Waals surface area contributed by atoms with Crippen molar-refractivity contribution in [1.29, 1.82) is 0 Å². The molecule has 1 aromatic carbocycles. The van der Waals surface area contributed by atoms with Gasteiger partial charge in [-0.15, -0.1) is 0 Å². The highest BCUT2D eigenvalue weighted by Crippen LogP contribution is 2.50. The average Bonchev–Trinajstić information content (AvgIpc) is 2.78. The second-order valence-corrected chi connectivity index (χ2v) is 5.55. The van der Waals surface area contributed by atoms with Gasteiger partial charge in [0.05, 0.1) is 26.9 Å². The first kappa shape index (κ1) is 14.2. The fraction of sp³-hybridized carbons (Fsp3) is 0.500. The molecule has 0 radical (unpaired) electrons. The van der Waals surface area contributed by atoms with Crippen molar-refractivity contribution in [1.82, 2.24) is 0 Å². The number of ether oxygens (including phenoxy) is 3. The lowest BCUT2D eigenvalue weighted by molar-refractivity contribution is -0.0527. The van der Waals surface area contributed by atoms with Crippen molar-refractivity contribution in [3.8, 4) is 17.2 Å². The van der Waals surface area contributed by atoms with Crippen molar-refractivity contribution in [2.24, 2.45) is 0 Å². The average molecular weight is 292 g/mol. The first-order chi connectivity index (χ1) is 10.1. The van der Waals surface area contributed by atoms with Crippen LogP contribution in [0.15, 0.2) is 24.3 Å². The number of aliphatic hydroxyl groups excluding tert-OH is 1. The summed E-state index contributed by atoms with van der Waals surface area (Å²) in [5, 5.41) is 19.8. The molecule has 0 spiro atoms. The highest BCUT2D eigenvalue weighted by molar-refractivity contribution is 5.54. The third-order valence-electron chi connectivity index (χ3n) is 4.43. The first-order valence-corrected chi connectivity index (χ1v) is 7.05. The summed E-state index contributed by atoms with van der Waals surface area (Å²) in [5.74, 6) is 0.722. The van der Waals surface area contributed by atoms with E-state index in [1.165, 1.54) is 14.2 Å². The van der Waals surface area contributed by atoms with Gasteiger partial charge in [-0.1, -0.05) is 12.2 Å². The van der Waals surface area contributed by atoms with E-state index >= 15 is 0 Å². The molecular weight excluding hydrogens is 272 g/mol. The summed E-state index contributed by atoms with van der Waals surface area (Å²) in [5.41, 5.74) is 0.250. The fourth-order valence-corrected chi connectivity index (χ4v) is 3.36. The highest BCUT2D eigenvalue weighted by Gasteiger charge is 2.49. The summed E-state index contributed by atoms with van der Waals surface area (Å²) in [6.45, 7) is -0.0732. The molecule has 3 atom stereocenters. The number of hydrogen-bond donors (Lipinski definition) is 2. The molecule has 0 saturated carbocycles. The SMILES string of the molecule is COc1cc(C2C[C@@H]3CC=C[C@@]2(CO)O3)cc(OC)c1O. The molecule has 114 valence electrons. The van der Waals surface area contributed by atoms with Crippen LogP contribution in [0, 0.1) is 0 Å². The van der Waals surface area contributed by atoms with Crippen LogP contribution in [0.2, 0.25) is 0 Å². The molecule has 1 saturated heterocycles. The van der Waals surface area contributed by atoms with Crippen molar-refractivity contribution in [3.05, 3.63) is 29.8 Å². The predicted molar refractivity (Wildman–Crippen MR) is 77.0 cm³/mol. The summed E-state index contributed by atoms with van der Waals surface area (Å²) in [6.07, 6.45) is 5.83. The summed E-state index contributed by atoms with van der Waals surface area (Å²) in [7, 11) is 3.01. The van der Waals surface area contributed by atoms with Crippen LogP contribution in [0.4, 0.5) is 0 Å². The predicted octanol–water partition coefficient (Wildman–Crippen LogP) is 1.97. The van der Waals surface area contributed by atoms with Crippen LogP contribution in [-0.2, 0) is 4.74 Å². The Kier molecular flexibility index (Phi) is 3.55. The van der Waals surface area contributed by atoms with E-state index in [1.807, 2.05) is 6.08 Å². The van der Waals surface area contributed by atoms with E-state index in [1.54, 1.807) is 12.1 Å². The van der Waals surface area contributed by atoms with Gasteiger partial charge in [0, 0.05) is 5.92 Å². The fourth-order valence-electron chi connectivity index (χ4n) is 3.36. The number of rotatable bonds is 4. The van der Waals surface area contributed by atoms with E-state index in [9.17, 15) is 10.2 Å². The summed E-state index contributed by atoms with van der Waals surface area (Å²) >= 11 is 0. The molecule has 0 aromatic heterocycles. The molecule has 3 rings (SSSR count). The molecule has 2 aliphatic heterocycles. The van der Waals surface area contributed by atoms with Crippen molar-refractivity contribution in [2.75, 3.05) is 20.8 Å². The smallest absolute Gasteiger partial charge is 0.200 e. The van der Waals surface area contributed by atoms with Gasteiger partial charge < -0.3 is 24.4 Å². The lowest BCUT2D eigenvalue weighted by Crippen LogP contribution is -2.37. The molecular formula is C16H20O5. The van der Waals surface area contributed by atoms with E-state index in [0.29, 0.717) is 11.5 Å². The molecule has 0 amide bonds. The Labute approximate surface area is 123 Å². The van der Waals surface area contributed by atoms with E-state index in [4.69, 9.17) is 14.2 Å². The second-order valence-electron chi connectivity index (χ2n) is 5.55. The van der Waals surface area contributed by atoms with E-state index in [-0.39, 0.29) is 24.4 Å². The third kappa shape index (κ3) is 2.17. The van der Waals surface area contributed by atoms with Crippen LogP contribution < -0.4 is 9.47 Å². The number of phenolic OH excluding ortho intramolecular Hbond substituents is 1. The molecule has 1 unspecified atom stereocenters. The van der Waals surface area contributed by atoms with Crippen LogP contribution in [0.1, 0.15) is 24.3 Å². The minimum absolute atomic E-state index is 0.00894. The van der Waals surface area contributed by atoms with Gasteiger partial charge in [-0.2, -0.15) is 0 Å². The minimum atomic E-state index is -0.685. The summed E-state index contributed by atoms with van der Waals surface area (Å²) in [4.78, 5) is 0. The van der Waals surface area contributed by atoms with E-state index < -0.39 is 5.60 Å². The molecule has 2 N–H and O–H groups in total. The van der Waals surface area contributed by atoms with Gasteiger partial charge in [0.1, 0.15) is 5.60 Å². The number of fused-ring (bicyclic) bond motifs is 2. The maximum absolute atomic E-state index is 10.0. The number of aromatic hydroxyl groups is 1. The van der Waals surface area contributed by atoms with Crippen LogP contribution >= 0.6 is 0 Å². The van der Waals surface area contributed by atoms with Gasteiger partial charge in [-0.3, -0.25) is 0 Å². The normalized spacial score (nSPS) is 30.4. The second kappa shape index (κ2) is 5.24. The lowest BCUT2D eigenvalue weighted by atomic mass is 9.82. The quantitative estimate of drug-likeness (QED) is 0.831. The van der Waals surface area contributed by atoms with Crippen LogP contribution in [-0.4, -0.2) is 42.7 Å². The number of aliphatic hydroxyl groups is 1. The number of hydrogen-bond acceptors (Lipinski definition) is 5. The zero-order valence-electron chi connectivity index (χ0n) is 12.2. The van der Waals surface area contributed by atoms with Crippen molar-refractivity contribution >= 4 is 0 Å². The number of benzene rings is 1. The van der Waals surface area contributed by atoms with Gasteiger partial charge in [0.25, 0.3) is 0 Å². The molecule has 2 aliphatic rings. The molecule has 2 heterocycles. The van der Waals surface area contributed by atoms with Crippen molar-refractivity contribution in [2.45, 2.75) is 30.5 Å². The monoisotopic (exact) mass is 292 g/mol. The van der Waals surface area contributed by atoms with E-state index in [2.05, 4.69) is 6.08 Å². The Morgan fingerprint density at radius 3 is 2.52 bits per heavy atom. The van der Waals surface area contributed by atoms with Crippen LogP contribution in [0.25, 0.3) is 0 Å². The molecule has 5 nitrogen and oxygen atoms in total. The topological polar surface area (TPSA) is 68.2 Å². The maximum Gasteiger partial charge on any atom is 0.200 e. The van der Waals surface area contributed by atoms with Gasteiger partial charge >= 0.3 is 0 Å². The van der Waals surface area contributed by atoms with Crippen molar-refractivity contribution < 1.29 is 24.4 Å². The van der Waals surface area contributed by atoms with Gasteiger partial charge in [0.2, 0.25) is 5.75 Å². The van der Waals surface area contributed by atoms with E-state index in [0.717, 1.165) is 18.4 Å². The molecule has 5 heteroatoms. The van der Waals surface area contributed by atoms with Crippen LogP contribution in [0.3, 0.4) is 0 Å². The van der Waals surface area contributed by atoms with Crippen LogP contribution in [0.5, 0.6) is 17.2 Å². The molecule has 1 aromatic rings. The number of methoxy groups -OCH3 is 2. The largest absolute Gasteiger partial charge is 0.502 e. The lowest BCUT2D eigenvalue weighted by Gasteiger charge is -2.32. The third-order valence-corrected chi connectivity index (χ3v) is 4.43. The summed E-state index contributed by atoms with van der Waals surface area (Å²) in [6, 6.07) is 3.58. The number of phenols is 1. The van der Waals surface area contributed by atoms with Gasteiger partial charge in [0.15, 0.2) is 11.5 Å². The maximum atomic E-state index is 10.0. The zero-order valence-corrected chi connectivity index (χ0v) is 12.2. The summed E-state index contributed by atoms with van der Waals surface area (Å²) < 4.78 is 16.4. The Morgan fingerprint density at radius 1 is 1.29 bits per heavy atom. The molecule has 2 bridgehead atoms.